The lowest BCUT2D eigenvalue weighted by Crippen LogP contribution is -2.13. The molecule has 0 radical (unpaired) electrons. The number of hydrogen-bond acceptors (Lipinski definition) is 4. The van der Waals surface area contributed by atoms with Crippen molar-refractivity contribution < 1.29 is 9.53 Å². The van der Waals surface area contributed by atoms with Gasteiger partial charge in [-0.05, 0) is 24.3 Å². The van der Waals surface area contributed by atoms with Gasteiger partial charge >= 0.3 is 0 Å². The first-order chi connectivity index (χ1) is 8.18. The average molecular weight is 229 g/mol. The van der Waals surface area contributed by atoms with Gasteiger partial charge in [-0.25, -0.2) is 0 Å². The normalized spacial score (nSPS) is 9.88. The van der Waals surface area contributed by atoms with Crippen molar-refractivity contribution in [1.29, 1.82) is 0 Å². The van der Waals surface area contributed by atoms with Crippen molar-refractivity contribution in [3.8, 4) is 11.5 Å². The Labute approximate surface area is 98.0 Å². The summed E-state index contributed by atoms with van der Waals surface area (Å²) in [6.45, 7) is 0. The molecule has 0 saturated heterocycles. The van der Waals surface area contributed by atoms with Crippen molar-refractivity contribution >= 4 is 11.6 Å². The van der Waals surface area contributed by atoms with Gasteiger partial charge in [-0.15, -0.1) is 0 Å². The van der Waals surface area contributed by atoms with Crippen LogP contribution in [0.2, 0.25) is 0 Å². The van der Waals surface area contributed by atoms with Crippen molar-refractivity contribution in [2.75, 3.05) is 5.73 Å². The molecule has 0 spiro atoms. The number of amides is 1. The summed E-state index contributed by atoms with van der Waals surface area (Å²) in [6, 6.07) is 8.27. The van der Waals surface area contributed by atoms with Crippen molar-refractivity contribution in [3.05, 3.63) is 48.3 Å². The van der Waals surface area contributed by atoms with Crippen LogP contribution in [0.3, 0.4) is 0 Å². The van der Waals surface area contributed by atoms with Crippen LogP contribution < -0.4 is 16.2 Å². The van der Waals surface area contributed by atoms with Gasteiger partial charge in [-0.1, -0.05) is 6.07 Å². The molecule has 86 valence electrons. The summed E-state index contributed by atoms with van der Waals surface area (Å²) in [5.41, 5.74) is 11.6. The van der Waals surface area contributed by atoms with Crippen molar-refractivity contribution in [2.45, 2.75) is 0 Å². The molecule has 0 aliphatic rings. The molecule has 0 unspecified atom stereocenters. The third-order valence-corrected chi connectivity index (χ3v) is 2.17. The average Bonchev–Trinajstić information content (AvgIpc) is 2.33. The van der Waals surface area contributed by atoms with Crippen LogP contribution in [0.1, 0.15) is 10.4 Å². The number of carbonyl (C=O) groups is 1. The number of pyridine rings is 1. The molecule has 17 heavy (non-hydrogen) atoms. The summed E-state index contributed by atoms with van der Waals surface area (Å²) in [5, 5.41) is 0. The second-order valence-corrected chi connectivity index (χ2v) is 3.38. The van der Waals surface area contributed by atoms with Crippen LogP contribution in [-0.4, -0.2) is 10.9 Å². The predicted molar refractivity (Wildman–Crippen MR) is 63.7 cm³/mol. The van der Waals surface area contributed by atoms with Crippen LogP contribution >= 0.6 is 0 Å². The maximum atomic E-state index is 11.2. The first-order valence-electron chi connectivity index (χ1n) is 4.94. The highest BCUT2D eigenvalue weighted by molar-refractivity contribution is 5.97. The summed E-state index contributed by atoms with van der Waals surface area (Å²) in [5.74, 6) is 0.164. The standard InChI is InChI=1S/C12H11N3O2/c13-10-5-1-4-9(12(14)16)11(10)17-8-3-2-6-15-7-8/h1-7H,13H2,(H2,14,16). The lowest BCUT2D eigenvalue weighted by atomic mass is 10.1. The Bertz CT molecular complexity index is 541. The summed E-state index contributed by atoms with van der Waals surface area (Å²) in [7, 11) is 0. The van der Waals surface area contributed by atoms with Gasteiger partial charge in [-0.3, -0.25) is 9.78 Å². The Morgan fingerprint density at radius 3 is 2.71 bits per heavy atom. The van der Waals surface area contributed by atoms with Gasteiger partial charge in [0, 0.05) is 6.20 Å². The number of hydrogen-bond donors (Lipinski definition) is 2. The van der Waals surface area contributed by atoms with Crippen LogP contribution in [0.4, 0.5) is 5.69 Å². The highest BCUT2D eigenvalue weighted by Crippen LogP contribution is 2.30. The van der Waals surface area contributed by atoms with Crippen LogP contribution in [-0.2, 0) is 0 Å². The summed E-state index contributed by atoms with van der Waals surface area (Å²) >= 11 is 0. The van der Waals surface area contributed by atoms with Gasteiger partial charge in [0.25, 0.3) is 5.91 Å². The molecule has 0 atom stereocenters. The zero-order chi connectivity index (χ0) is 12.3. The fourth-order valence-corrected chi connectivity index (χ4v) is 1.39. The number of para-hydroxylation sites is 1. The van der Waals surface area contributed by atoms with E-state index >= 15 is 0 Å². The smallest absolute Gasteiger partial charge is 0.252 e. The van der Waals surface area contributed by atoms with Crippen molar-refractivity contribution in [2.24, 2.45) is 5.73 Å². The first kappa shape index (κ1) is 10.9. The molecule has 1 heterocycles. The van der Waals surface area contributed by atoms with Crippen LogP contribution in [0.5, 0.6) is 11.5 Å². The molecule has 1 aromatic carbocycles. The molecule has 5 nitrogen and oxygen atoms in total. The van der Waals surface area contributed by atoms with Gasteiger partial charge in [0.15, 0.2) is 5.75 Å². The molecule has 1 aromatic heterocycles. The van der Waals surface area contributed by atoms with Crippen LogP contribution in [0, 0.1) is 0 Å². The molecule has 0 aliphatic heterocycles. The largest absolute Gasteiger partial charge is 0.453 e. The van der Waals surface area contributed by atoms with Crippen molar-refractivity contribution in [3.63, 3.8) is 0 Å². The Balaban J connectivity index is 2.41. The zero-order valence-electron chi connectivity index (χ0n) is 8.96. The quantitative estimate of drug-likeness (QED) is 0.781. The topological polar surface area (TPSA) is 91.2 Å². The molecule has 4 N–H and O–H groups in total. The molecule has 1 amide bonds. The van der Waals surface area contributed by atoms with Crippen molar-refractivity contribution in [1.82, 2.24) is 4.98 Å². The maximum absolute atomic E-state index is 11.2. The number of benzene rings is 1. The molecule has 5 heteroatoms. The second kappa shape index (κ2) is 4.52. The minimum absolute atomic E-state index is 0.244. The van der Waals surface area contributed by atoms with E-state index in [1.165, 1.54) is 6.20 Å². The maximum Gasteiger partial charge on any atom is 0.252 e. The van der Waals surface area contributed by atoms with E-state index in [0.717, 1.165) is 0 Å². The van der Waals surface area contributed by atoms with E-state index in [2.05, 4.69) is 4.98 Å². The van der Waals surface area contributed by atoms with E-state index in [-0.39, 0.29) is 11.3 Å². The lowest BCUT2D eigenvalue weighted by Gasteiger charge is -2.10. The van der Waals surface area contributed by atoms with E-state index in [0.29, 0.717) is 11.4 Å². The zero-order valence-corrected chi connectivity index (χ0v) is 8.96. The Kier molecular flexibility index (Phi) is 2.91. The molecule has 0 saturated carbocycles. The minimum atomic E-state index is -0.587. The predicted octanol–water partition coefficient (Wildman–Crippen LogP) is 1.56. The molecular weight excluding hydrogens is 218 g/mol. The highest BCUT2D eigenvalue weighted by Gasteiger charge is 2.13. The minimum Gasteiger partial charge on any atom is -0.453 e. The summed E-state index contributed by atoms with van der Waals surface area (Å²) in [4.78, 5) is 15.1. The number of nitrogens with two attached hydrogens (primary N) is 2. The number of carbonyl (C=O) groups excluding carboxylic acids is 1. The Hall–Kier alpha value is -2.56. The fourth-order valence-electron chi connectivity index (χ4n) is 1.39. The van der Waals surface area contributed by atoms with E-state index < -0.39 is 5.91 Å². The number of anilines is 1. The van der Waals surface area contributed by atoms with Gasteiger partial charge in [-0.2, -0.15) is 0 Å². The van der Waals surface area contributed by atoms with Gasteiger partial charge in [0.2, 0.25) is 0 Å². The molecule has 0 fully saturated rings. The number of nitrogen functional groups attached to an aromatic ring is 1. The number of primary amides is 1. The Morgan fingerprint density at radius 2 is 2.06 bits per heavy atom. The number of aromatic nitrogens is 1. The third-order valence-electron chi connectivity index (χ3n) is 2.17. The Morgan fingerprint density at radius 1 is 1.24 bits per heavy atom. The molecule has 0 aliphatic carbocycles. The SMILES string of the molecule is NC(=O)c1cccc(N)c1Oc1cccnc1. The number of rotatable bonds is 3. The van der Waals surface area contributed by atoms with E-state index in [1.54, 1.807) is 36.5 Å². The van der Waals surface area contributed by atoms with E-state index in [1.807, 2.05) is 0 Å². The van der Waals surface area contributed by atoms with Gasteiger partial charge < -0.3 is 16.2 Å². The van der Waals surface area contributed by atoms with E-state index in [4.69, 9.17) is 16.2 Å². The number of ether oxygens (including phenoxy) is 1. The summed E-state index contributed by atoms with van der Waals surface area (Å²) in [6.07, 6.45) is 3.15. The van der Waals surface area contributed by atoms with Gasteiger partial charge in [0.1, 0.15) is 5.75 Å². The monoisotopic (exact) mass is 229 g/mol. The first-order valence-corrected chi connectivity index (χ1v) is 4.94. The highest BCUT2D eigenvalue weighted by atomic mass is 16.5. The second-order valence-electron chi connectivity index (χ2n) is 3.38. The molecule has 2 rings (SSSR count). The third kappa shape index (κ3) is 2.34. The number of nitrogens with zero attached hydrogens (tertiary/aromatic N) is 1. The van der Waals surface area contributed by atoms with Gasteiger partial charge in [0.05, 0.1) is 17.4 Å². The molecule has 0 bridgehead atoms. The molecule has 2 aromatic rings. The van der Waals surface area contributed by atoms with E-state index in [9.17, 15) is 4.79 Å². The fraction of sp³-hybridized carbons (Fsp3) is 0. The van der Waals surface area contributed by atoms with Crippen LogP contribution in [0.15, 0.2) is 42.7 Å². The lowest BCUT2D eigenvalue weighted by molar-refractivity contribution is 0.0998. The summed E-state index contributed by atoms with van der Waals surface area (Å²) < 4.78 is 5.51. The molecular formula is C12H11N3O2. The van der Waals surface area contributed by atoms with Crippen LogP contribution in [0.25, 0.3) is 0 Å².